The van der Waals surface area contributed by atoms with Crippen molar-refractivity contribution in [3.63, 3.8) is 0 Å². The Morgan fingerprint density at radius 2 is 2.30 bits per heavy atom. The molecule has 1 aliphatic heterocycles. The summed E-state index contributed by atoms with van der Waals surface area (Å²) in [5.74, 6) is 0.730. The zero-order valence-corrected chi connectivity index (χ0v) is 12.4. The van der Waals surface area contributed by atoms with Gasteiger partial charge in [0.1, 0.15) is 11.5 Å². The third-order valence-electron chi connectivity index (χ3n) is 3.62. The van der Waals surface area contributed by atoms with E-state index in [0.717, 1.165) is 5.56 Å². The second kappa shape index (κ2) is 4.53. The predicted molar refractivity (Wildman–Crippen MR) is 76.4 cm³/mol. The van der Waals surface area contributed by atoms with Gasteiger partial charge in [-0.05, 0) is 31.0 Å². The summed E-state index contributed by atoms with van der Waals surface area (Å²) in [6.45, 7) is 1.83. The highest BCUT2D eigenvalue weighted by Crippen LogP contribution is 2.35. The Morgan fingerprint density at radius 3 is 2.85 bits per heavy atom. The first-order valence-corrected chi connectivity index (χ1v) is 8.37. The van der Waals surface area contributed by atoms with Crippen LogP contribution in [0.15, 0.2) is 16.7 Å². The second-order valence-corrected chi connectivity index (χ2v) is 7.54. The number of nitrogens with two attached hydrogens (primary N) is 1. The number of nitrogen functional groups attached to an aromatic ring is 1. The van der Waals surface area contributed by atoms with Crippen LogP contribution in [0.3, 0.4) is 0 Å². The van der Waals surface area contributed by atoms with Gasteiger partial charge in [0.05, 0.1) is 29.4 Å². The van der Waals surface area contributed by atoms with E-state index in [1.807, 2.05) is 6.92 Å². The van der Waals surface area contributed by atoms with Gasteiger partial charge in [-0.3, -0.25) is 0 Å². The molecule has 1 aliphatic rings. The zero-order valence-electron chi connectivity index (χ0n) is 10.8. The van der Waals surface area contributed by atoms with Gasteiger partial charge in [0.25, 0.3) is 0 Å². The van der Waals surface area contributed by atoms with Crippen LogP contribution in [0.4, 0.5) is 5.82 Å². The van der Waals surface area contributed by atoms with E-state index in [1.54, 1.807) is 10.7 Å². The molecule has 1 fully saturated rings. The fourth-order valence-electron chi connectivity index (χ4n) is 2.50. The summed E-state index contributed by atoms with van der Waals surface area (Å²) in [4.78, 5) is 0. The van der Waals surface area contributed by atoms with Gasteiger partial charge < -0.3 is 10.2 Å². The average molecular weight is 316 g/mol. The Labute approximate surface area is 121 Å². The molecular formula is C12H14ClN3O3S. The molecule has 0 radical (unpaired) electrons. The Morgan fingerprint density at radius 1 is 1.55 bits per heavy atom. The first kappa shape index (κ1) is 13.5. The average Bonchev–Trinajstić information content (AvgIpc) is 3.02. The molecule has 3 heterocycles. The lowest BCUT2D eigenvalue weighted by Gasteiger charge is -2.10. The topological polar surface area (TPSA) is 91.1 Å². The highest BCUT2D eigenvalue weighted by atomic mass is 35.5. The standard InChI is InChI=1S/C12H14ClN3O3S/c1-7-10(9-2-4-19-11(9)13)15-16(12(7)14)8-3-5-20(17,18)6-8/h2,4,8H,3,5-6,14H2,1H3. The first-order chi connectivity index (χ1) is 9.39. The van der Waals surface area contributed by atoms with Crippen molar-refractivity contribution in [3.8, 4) is 11.3 Å². The van der Waals surface area contributed by atoms with E-state index in [-0.39, 0.29) is 22.8 Å². The molecule has 6 nitrogen and oxygen atoms in total. The van der Waals surface area contributed by atoms with Gasteiger partial charge in [-0.1, -0.05) is 0 Å². The number of hydrogen-bond acceptors (Lipinski definition) is 5. The van der Waals surface area contributed by atoms with Crippen molar-refractivity contribution in [1.29, 1.82) is 0 Å². The molecule has 20 heavy (non-hydrogen) atoms. The summed E-state index contributed by atoms with van der Waals surface area (Å²) in [5, 5.41) is 4.69. The lowest BCUT2D eigenvalue weighted by atomic mass is 10.1. The van der Waals surface area contributed by atoms with Gasteiger partial charge in [-0.25, -0.2) is 13.1 Å². The number of halogens is 1. The highest BCUT2D eigenvalue weighted by molar-refractivity contribution is 7.91. The van der Waals surface area contributed by atoms with Crippen LogP contribution >= 0.6 is 11.6 Å². The van der Waals surface area contributed by atoms with Crippen molar-refractivity contribution >= 4 is 27.3 Å². The number of rotatable bonds is 2. The van der Waals surface area contributed by atoms with E-state index >= 15 is 0 Å². The lowest BCUT2D eigenvalue weighted by molar-refractivity contribution is 0.508. The fraction of sp³-hybridized carbons (Fsp3) is 0.417. The van der Waals surface area contributed by atoms with Crippen LogP contribution in [0.2, 0.25) is 5.22 Å². The van der Waals surface area contributed by atoms with Gasteiger partial charge >= 0.3 is 0 Å². The summed E-state index contributed by atoms with van der Waals surface area (Å²) in [6.07, 6.45) is 2.01. The maximum absolute atomic E-state index is 11.6. The van der Waals surface area contributed by atoms with Crippen molar-refractivity contribution in [2.75, 3.05) is 17.2 Å². The van der Waals surface area contributed by atoms with Crippen LogP contribution in [0.1, 0.15) is 18.0 Å². The Hall–Kier alpha value is -1.47. The molecular weight excluding hydrogens is 302 g/mol. The van der Waals surface area contributed by atoms with Crippen LogP contribution in [-0.4, -0.2) is 29.7 Å². The molecule has 2 aromatic rings. The monoisotopic (exact) mass is 315 g/mol. The molecule has 0 spiro atoms. The summed E-state index contributed by atoms with van der Waals surface area (Å²) >= 11 is 5.96. The Bertz CT molecular complexity index is 763. The fourth-order valence-corrected chi connectivity index (χ4v) is 4.39. The minimum absolute atomic E-state index is 0.0802. The predicted octanol–water partition coefficient (Wildman–Crippen LogP) is 2.05. The van der Waals surface area contributed by atoms with Crippen LogP contribution in [0.5, 0.6) is 0 Å². The van der Waals surface area contributed by atoms with Crippen molar-refractivity contribution in [2.45, 2.75) is 19.4 Å². The van der Waals surface area contributed by atoms with Crippen LogP contribution < -0.4 is 5.73 Å². The maximum atomic E-state index is 11.6. The molecule has 1 atom stereocenters. The van der Waals surface area contributed by atoms with Crippen LogP contribution in [0, 0.1) is 6.92 Å². The molecule has 1 unspecified atom stereocenters. The quantitative estimate of drug-likeness (QED) is 0.915. The maximum Gasteiger partial charge on any atom is 0.202 e. The number of nitrogens with zero attached hydrogens (tertiary/aromatic N) is 2. The van der Waals surface area contributed by atoms with Crippen molar-refractivity contribution in [3.05, 3.63) is 23.1 Å². The normalized spacial score (nSPS) is 21.4. The lowest BCUT2D eigenvalue weighted by Crippen LogP contribution is -2.14. The molecule has 3 rings (SSSR count). The summed E-state index contributed by atoms with van der Waals surface area (Å²) in [6, 6.07) is 1.51. The smallest absolute Gasteiger partial charge is 0.202 e. The van der Waals surface area contributed by atoms with Crippen molar-refractivity contribution in [1.82, 2.24) is 9.78 Å². The third-order valence-corrected chi connectivity index (χ3v) is 5.66. The molecule has 108 valence electrons. The largest absolute Gasteiger partial charge is 0.452 e. The van der Waals surface area contributed by atoms with E-state index in [2.05, 4.69) is 5.10 Å². The number of furan rings is 1. The molecule has 0 bridgehead atoms. The van der Waals surface area contributed by atoms with Gasteiger partial charge in [0.15, 0.2) is 9.84 Å². The van der Waals surface area contributed by atoms with Gasteiger partial charge in [-0.2, -0.15) is 5.10 Å². The zero-order chi connectivity index (χ0) is 14.5. The molecule has 0 saturated carbocycles. The number of sulfone groups is 1. The SMILES string of the molecule is Cc1c(-c2ccoc2Cl)nn(C2CCS(=O)(=O)C2)c1N. The molecule has 0 aromatic carbocycles. The second-order valence-electron chi connectivity index (χ2n) is 4.97. The van der Waals surface area contributed by atoms with E-state index in [4.69, 9.17) is 21.8 Å². The van der Waals surface area contributed by atoms with Crippen LogP contribution in [-0.2, 0) is 9.84 Å². The summed E-state index contributed by atoms with van der Waals surface area (Å²) < 4.78 is 29.8. The molecule has 8 heteroatoms. The molecule has 1 saturated heterocycles. The van der Waals surface area contributed by atoms with Crippen molar-refractivity contribution < 1.29 is 12.8 Å². The summed E-state index contributed by atoms with van der Waals surface area (Å²) in [7, 11) is -2.99. The van der Waals surface area contributed by atoms with Crippen molar-refractivity contribution in [2.24, 2.45) is 0 Å². The number of aromatic nitrogens is 2. The third kappa shape index (κ3) is 2.10. The van der Waals surface area contributed by atoms with Gasteiger partial charge in [-0.15, -0.1) is 0 Å². The summed E-state index contributed by atoms with van der Waals surface area (Å²) in [5.41, 5.74) is 8.13. The van der Waals surface area contributed by atoms with Gasteiger partial charge in [0.2, 0.25) is 5.22 Å². The van der Waals surface area contributed by atoms with Crippen LogP contribution in [0.25, 0.3) is 11.3 Å². The highest BCUT2D eigenvalue weighted by Gasteiger charge is 2.32. The molecule has 2 aromatic heterocycles. The minimum Gasteiger partial charge on any atom is -0.452 e. The first-order valence-electron chi connectivity index (χ1n) is 6.17. The van der Waals surface area contributed by atoms with Gasteiger partial charge in [0, 0.05) is 5.56 Å². The molecule has 2 N–H and O–H groups in total. The van der Waals surface area contributed by atoms with E-state index < -0.39 is 9.84 Å². The molecule has 0 aliphatic carbocycles. The number of hydrogen-bond donors (Lipinski definition) is 1. The Kier molecular flexibility index (Phi) is 3.06. The van der Waals surface area contributed by atoms with E-state index in [1.165, 1.54) is 6.26 Å². The van der Waals surface area contributed by atoms with E-state index in [9.17, 15) is 8.42 Å². The molecule has 0 amide bonds. The number of anilines is 1. The minimum atomic E-state index is -2.99. The Balaban J connectivity index is 2.05. The van der Waals surface area contributed by atoms with E-state index in [0.29, 0.717) is 23.5 Å².